The molecule has 0 saturated carbocycles. The number of cyclic esters (lactones) is 1. The molecular formula is C21H18ClN3O4S. The molecule has 3 atom stereocenters. The molecule has 3 N–H and O–H groups in total. The average Bonchev–Trinajstić information content (AvgIpc) is 3.45. The van der Waals surface area contributed by atoms with Gasteiger partial charge in [-0.2, -0.15) is 0 Å². The largest absolute Gasteiger partial charge is 0.452 e. The highest BCUT2D eigenvalue weighted by molar-refractivity contribution is 7.22. The zero-order valence-electron chi connectivity index (χ0n) is 15.7. The van der Waals surface area contributed by atoms with Crippen LogP contribution in [0.15, 0.2) is 36.4 Å². The minimum Gasteiger partial charge on any atom is -0.452 e. The SMILES string of the molecule is O=C1CC[C@@H](C(=O)N[C@H]2c3ccccc3C[C@H]2NC(=O)c2cc3cc(Cl)sc3[nH]2)O1. The molecule has 30 heavy (non-hydrogen) atoms. The molecule has 1 fully saturated rings. The molecule has 1 aliphatic heterocycles. The smallest absolute Gasteiger partial charge is 0.306 e. The molecule has 2 aliphatic rings. The number of aromatic amines is 1. The van der Waals surface area contributed by atoms with Crippen LogP contribution < -0.4 is 10.6 Å². The van der Waals surface area contributed by atoms with Crippen LogP contribution in [0, 0.1) is 0 Å². The molecule has 7 nitrogen and oxygen atoms in total. The lowest BCUT2D eigenvalue weighted by Gasteiger charge is -2.24. The van der Waals surface area contributed by atoms with Gasteiger partial charge in [0.05, 0.1) is 16.4 Å². The summed E-state index contributed by atoms with van der Waals surface area (Å²) >= 11 is 7.38. The van der Waals surface area contributed by atoms with Gasteiger partial charge >= 0.3 is 5.97 Å². The van der Waals surface area contributed by atoms with E-state index in [0.717, 1.165) is 21.3 Å². The normalized spacial score (nSPS) is 22.7. The van der Waals surface area contributed by atoms with Crippen molar-refractivity contribution in [1.82, 2.24) is 15.6 Å². The Hall–Kier alpha value is -2.84. The topological polar surface area (TPSA) is 100 Å². The number of hydrogen-bond acceptors (Lipinski definition) is 5. The van der Waals surface area contributed by atoms with Crippen molar-refractivity contribution in [3.05, 3.63) is 57.6 Å². The predicted molar refractivity (Wildman–Crippen MR) is 113 cm³/mol. The van der Waals surface area contributed by atoms with Gasteiger partial charge < -0.3 is 20.4 Å². The highest BCUT2D eigenvalue weighted by Gasteiger charge is 2.38. The Morgan fingerprint density at radius 1 is 1.20 bits per heavy atom. The van der Waals surface area contributed by atoms with E-state index in [4.69, 9.17) is 16.3 Å². The Balaban J connectivity index is 1.35. The van der Waals surface area contributed by atoms with Crippen molar-refractivity contribution in [3.63, 3.8) is 0 Å². The number of fused-ring (bicyclic) bond motifs is 2. The van der Waals surface area contributed by atoms with Gasteiger partial charge in [0.1, 0.15) is 10.5 Å². The summed E-state index contributed by atoms with van der Waals surface area (Å²) in [4.78, 5) is 40.8. The van der Waals surface area contributed by atoms with Gasteiger partial charge in [-0.25, -0.2) is 0 Å². The molecule has 154 valence electrons. The maximum atomic E-state index is 12.9. The number of amides is 2. The Morgan fingerprint density at radius 2 is 2.03 bits per heavy atom. The number of ether oxygens (including phenoxy) is 1. The summed E-state index contributed by atoms with van der Waals surface area (Å²) in [5, 5.41) is 6.91. The molecule has 1 saturated heterocycles. The van der Waals surface area contributed by atoms with E-state index in [9.17, 15) is 14.4 Å². The predicted octanol–water partition coefficient (Wildman–Crippen LogP) is 3.10. The lowest BCUT2D eigenvalue weighted by atomic mass is 10.1. The van der Waals surface area contributed by atoms with E-state index in [-0.39, 0.29) is 30.2 Å². The van der Waals surface area contributed by atoms with Crippen molar-refractivity contribution in [2.24, 2.45) is 0 Å². The summed E-state index contributed by atoms with van der Waals surface area (Å²) in [7, 11) is 0. The fraction of sp³-hybridized carbons (Fsp3) is 0.286. The van der Waals surface area contributed by atoms with Gasteiger partial charge in [0, 0.05) is 18.2 Å². The number of H-pyrrole nitrogens is 1. The van der Waals surface area contributed by atoms with Crippen molar-refractivity contribution < 1.29 is 19.1 Å². The highest BCUT2D eigenvalue weighted by Crippen LogP contribution is 2.33. The summed E-state index contributed by atoms with van der Waals surface area (Å²) in [5.41, 5.74) is 2.47. The summed E-state index contributed by atoms with van der Waals surface area (Å²) in [6.45, 7) is 0. The summed E-state index contributed by atoms with van der Waals surface area (Å²) in [6, 6.07) is 10.6. The third kappa shape index (κ3) is 3.46. The molecule has 9 heteroatoms. The van der Waals surface area contributed by atoms with Crippen molar-refractivity contribution in [2.75, 3.05) is 0 Å². The third-order valence-electron chi connectivity index (χ3n) is 5.55. The standard InChI is InChI=1S/C21H18ClN3O4S/c22-16-9-11-8-14(24-21(11)30-16)19(27)23-13-7-10-3-1-2-4-12(10)18(13)25-20(28)15-5-6-17(26)29-15/h1-4,8-9,13,15,18,24H,5-7H2,(H,23,27)(H,25,28)/t13-,15+,18+/m1/s1. The number of benzene rings is 1. The van der Waals surface area contributed by atoms with Crippen LogP contribution in [0.2, 0.25) is 4.34 Å². The zero-order valence-corrected chi connectivity index (χ0v) is 17.3. The first-order valence-electron chi connectivity index (χ1n) is 9.64. The lowest BCUT2D eigenvalue weighted by Crippen LogP contribution is -2.46. The van der Waals surface area contributed by atoms with Crippen LogP contribution in [0.25, 0.3) is 10.2 Å². The monoisotopic (exact) mass is 443 g/mol. The molecule has 0 unspecified atom stereocenters. The fourth-order valence-electron chi connectivity index (χ4n) is 4.12. The van der Waals surface area contributed by atoms with Gasteiger partial charge in [0.2, 0.25) is 0 Å². The lowest BCUT2D eigenvalue weighted by molar-refractivity contribution is -0.148. The van der Waals surface area contributed by atoms with E-state index in [1.165, 1.54) is 11.3 Å². The quantitative estimate of drug-likeness (QED) is 0.539. The number of esters is 1. The Labute approximate surface area is 180 Å². The van der Waals surface area contributed by atoms with Crippen molar-refractivity contribution in [3.8, 4) is 0 Å². The van der Waals surface area contributed by atoms with Gasteiger partial charge in [-0.05, 0) is 29.7 Å². The minimum absolute atomic E-state index is 0.244. The minimum atomic E-state index is -0.776. The third-order valence-corrected chi connectivity index (χ3v) is 6.74. The van der Waals surface area contributed by atoms with Crippen LogP contribution in [-0.2, 0) is 20.7 Å². The van der Waals surface area contributed by atoms with E-state index < -0.39 is 12.1 Å². The number of rotatable bonds is 4. The molecule has 2 aromatic heterocycles. The van der Waals surface area contributed by atoms with E-state index in [0.29, 0.717) is 22.9 Å². The molecule has 3 aromatic rings. The Kier molecular flexibility index (Phi) is 4.75. The van der Waals surface area contributed by atoms with Gasteiger partial charge in [0.25, 0.3) is 11.8 Å². The average molecular weight is 444 g/mol. The molecule has 1 aliphatic carbocycles. The number of carbonyl (C=O) groups is 3. The number of hydrogen-bond donors (Lipinski definition) is 3. The van der Waals surface area contributed by atoms with Crippen LogP contribution in [-0.4, -0.2) is 34.9 Å². The molecule has 1 aromatic carbocycles. The maximum Gasteiger partial charge on any atom is 0.306 e. The molecule has 5 rings (SSSR count). The van der Waals surface area contributed by atoms with Gasteiger partial charge in [-0.3, -0.25) is 14.4 Å². The molecule has 3 heterocycles. The van der Waals surface area contributed by atoms with E-state index in [1.807, 2.05) is 30.3 Å². The maximum absolute atomic E-state index is 12.9. The summed E-state index contributed by atoms with van der Waals surface area (Å²) in [5.74, 6) is -0.950. The van der Waals surface area contributed by atoms with Crippen LogP contribution in [0.1, 0.15) is 40.5 Å². The number of thiophene rings is 1. The van der Waals surface area contributed by atoms with Crippen LogP contribution in [0.5, 0.6) is 0 Å². The van der Waals surface area contributed by atoms with Crippen LogP contribution >= 0.6 is 22.9 Å². The number of halogens is 1. The van der Waals surface area contributed by atoms with Crippen molar-refractivity contribution >= 4 is 50.9 Å². The van der Waals surface area contributed by atoms with Crippen molar-refractivity contribution in [1.29, 1.82) is 0 Å². The second kappa shape index (κ2) is 7.45. The molecule has 0 radical (unpaired) electrons. The molecule has 0 bridgehead atoms. The van der Waals surface area contributed by atoms with Gasteiger partial charge in [0.15, 0.2) is 6.10 Å². The van der Waals surface area contributed by atoms with Crippen LogP contribution in [0.4, 0.5) is 0 Å². The number of aromatic nitrogens is 1. The second-order valence-corrected chi connectivity index (χ2v) is 9.19. The first-order chi connectivity index (χ1) is 14.5. The second-order valence-electron chi connectivity index (χ2n) is 7.50. The van der Waals surface area contributed by atoms with Crippen molar-refractivity contribution in [2.45, 2.75) is 37.5 Å². The van der Waals surface area contributed by atoms with E-state index in [1.54, 1.807) is 6.07 Å². The first-order valence-corrected chi connectivity index (χ1v) is 10.8. The fourth-order valence-corrected chi connectivity index (χ4v) is 5.25. The highest BCUT2D eigenvalue weighted by atomic mass is 35.5. The number of nitrogens with one attached hydrogen (secondary N) is 3. The van der Waals surface area contributed by atoms with E-state index >= 15 is 0 Å². The Morgan fingerprint density at radius 3 is 2.80 bits per heavy atom. The van der Waals surface area contributed by atoms with Gasteiger partial charge in [-0.15, -0.1) is 11.3 Å². The van der Waals surface area contributed by atoms with Crippen LogP contribution in [0.3, 0.4) is 0 Å². The molecular weight excluding hydrogens is 426 g/mol. The zero-order chi connectivity index (χ0) is 20.8. The summed E-state index contributed by atoms with van der Waals surface area (Å²) < 4.78 is 5.75. The molecule has 0 spiro atoms. The van der Waals surface area contributed by atoms with E-state index in [2.05, 4.69) is 15.6 Å². The summed E-state index contributed by atoms with van der Waals surface area (Å²) in [6.07, 6.45) is 0.435. The number of carbonyl (C=O) groups excluding carboxylic acids is 3. The first kappa shape index (κ1) is 19.1. The van der Waals surface area contributed by atoms with Gasteiger partial charge in [-0.1, -0.05) is 35.9 Å². The molecule has 2 amide bonds. The Bertz CT molecular complexity index is 1140.